The molecule has 1 atom stereocenters. The Labute approximate surface area is 154 Å². The van der Waals surface area contributed by atoms with Crippen LogP contribution >= 0.6 is 0 Å². The van der Waals surface area contributed by atoms with Crippen molar-refractivity contribution in [2.75, 3.05) is 25.0 Å². The van der Waals surface area contributed by atoms with Crippen molar-refractivity contribution < 1.29 is 9.53 Å². The van der Waals surface area contributed by atoms with Crippen molar-refractivity contribution in [3.63, 3.8) is 0 Å². The summed E-state index contributed by atoms with van der Waals surface area (Å²) in [6.07, 6.45) is 0.555. The minimum Gasteiger partial charge on any atom is -0.444 e. The quantitative estimate of drug-likeness (QED) is 0.827. The number of likely N-dealkylation sites (N-methyl/N-ethyl adjacent to an activating group) is 1. The van der Waals surface area contributed by atoms with E-state index in [0.717, 1.165) is 23.0 Å². The first-order valence-corrected chi connectivity index (χ1v) is 8.79. The Morgan fingerprint density at radius 3 is 2.81 bits per heavy atom. The van der Waals surface area contributed by atoms with E-state index in [4.69, 9.17) is 4.74 Å². The van der Waals surface area contributed by atoms with E-state index in [1.54, 1.807) is 11.0 Å². The SMILES string of the molecule is CN(c1nc(C#N)cc2ccccc12)C1CCN(C(=O)OC(C)(C)C)C1. The molecule has 0 saturated carbocycles. The van der Waals surface area contributed by atoms with Gasteiger partial charge in [-0.3, -0.25) is 0 Å². The van der Waals surface area contributed by atoms with Gasteiger partial charge in [0.05, 0.1) is 0 Å². The minimum atomic E-state index is -0.500. The highest BCUT2D eigenvalue weighted by atomic mass is 16.6. The summed E-state index contributed by atoms with van der Waals surface area (Å²) >= 11 is 0. The zero-order valence-corrected chi connectivity index (χ0v) is 15.7. The summed E-state index contributed by atoms with van der Waals surface area (Å²) in [4.78, 5) is 20.6. The maximum atomic E-state index is 12.3. The second kappa shape index (κ2) is 6.83. The second-order valence-electron chi connectivity index (χ2n) is 7.64. The smallest absolute Gasteiger partial charge is 0.410 e. The van der Waals surface area contributed by atoms with Gasteiger partial charge < -0.3 is 14.5 Å². The molecule has 6 nitrogen and oxygen atoms in total. The Kier molecular flexibility index (Phi) is 4.73. The number of pyridine rings is 1. The van der Waals surface area contributed by atoms with Crippen molar-refractivity contribution in [2.24, 2.45) is 0 Å². The third-order valence-electron chi connectivity index (χ3n) is 4.53. The highest BCUT2D eigenvalue weighted by Crippen LogP contribution is 2.29. The van der Waals surface area contributed by atoms with Crippen LogP contribution in [0.5, 0.6) is 0 Å². The minimum absolute atomic E-state index is 0.132. The highest BCUT2D eigenvalue weighted by molar-refractivity contribution is 5.93. The average Bonchev–Trinajstić information content (AvgIpc) is 3.09. The third-order valence-corrected chi connectivity index (χ3v) is 4.53. The zero-order valence-electron chi connectivity index (χ0n) is 15.7. The van der Waals surface area contributed by atoms with E-state index >= 15 is 0 Å². The Morgan fingerprint density at radius 2 is 2.12 bits per heavy atom. The molecule has 136 valence electrons. The summed E-state index contributed by atoms with van der Waals surface area (Å²) < 4.78 is 5.47. The molecule has 1 unspecified atom stereocenters. The number of carbonyl (C=O) groups is 1. The monoisotopic (exact) mass is 352 g/mol. The van der Waals surface area contributed by atoms with Crippen LogP contribution in [-0.2, 0) is 4.74 Å². The van der Waals surface area contributed by atoms with Gasteiger partial charge in [0, 0.05) is 31.6 Å². The second-order valence-corrected chi connectivity index (χ2v) is 7.64. The van der Waals surface area contributed by atoms with Crippen molar-refractivity contribution in [1.82, 2.24) is 9.88 Å². The van der Waals surface area contributed by atoms with Crippen LogP contribution in [-0.4, -0.2) is 47.8 Å². The van der Waals surface area contributed by atoms with Crippen LogP contribution in [0.3, 0.4) is 0 Å². The van der Waals surface area contributed by atoms with Crippen molar-refractivity contribution >= 4 is 22.7 Å². The number of carbonyl (C=O) groups excluding carboxylic acids is 1. The molecule has 1 aliphatic rings. The lowest BCUT2D eigenvalue weighted by Crippen LogP contribution is -2.39. The summed E-state index contributed by atoms with van der Waals surface area (Å²) in [7, 11) is 1.97. The van der Waals surface area contributed by atoms with Crippen molar-refractivity contribution in [3.8, 4) is 6.07 Å². The van der Waals surface area contributed by atoms with Gasteiger partial charge in [0.2, 0.25) is 0 Å². The Balaban J connectivity index is 1.83. The number of amides is 1. The molecular weight excluding hydrogens is 328 g/mol. The van der Waals surface area contributed by atoms with Gasteiger partial charge >= 0.3 is 6.09 Å². The van der Waals surface area contributed by atoms with Crippen LogP contribution in [0, 0.1) is 11.3 Å². The zero-order chi connectivity index (χ0) is 18.9. The van der Waals surface area contributed by atoms with E-state index in [9.17, 15) is 10.1 Å². The molecule has 1 amide bonds. The van der Waals surface area contributed by atoms with Gasteiger partial charge in [-0.15, -0.1) is 0 Å². The van der Waals surface area contributed by atoms with E-state index in [2.05, 4.69) is 16.0 Å². The fraction of sp³-hybridized carbons (Fsp3) is 0.450. The van der Waals surface area contributed by atoms with E-state index in [1.807, 2.05) is 52.1 Å². The number of anilines is 1. The number of likely N-dealkylation sites (tertiary alicyclic amines) is 1. The lowest BCUT2D eigenvalue weighted by atomic mass is 10.1. The molecule has 0 spiro atoms. The molecule has 1 aliphatic heterocycles. The topological polar surface area (TPSA) is 69.5 Å². The standard InChI is InChI=1S/C20H24N4O2/c1-20(2,3)26-19(25)24-10-9-16(13-24)23(4)18-17-8-6-5-7-14(17)11-15(12-21)22-18/h5-8,11,16H,9-10,13H2,1-4H3. The van der Waals surface area contributed by atoms with Gasteiger partial charge in [0.1, 0.15) is 23.2 Å². The first kappa shape index (κ1) is 18.0. The van der Waals surface area contributed by atoms with Crippen LogP contribution < -0.4 is 4.90 Å². The summed E-state index contributed by atoms with van der Waals surface area (Å²) in [6, 6.07) is 12.0. The van der Waals surface area contributed by atoms with Crippen molar-refractivity contribution in [2.45, 2.75) is 38.8 Å². The van der Waals surface area contributed by atoms with Crippen molar-refractivity contribution in [1.29, 1.82) is 5.26 Å². The molecule has 1 aromatic carbocycles. The Bertz CT molecular complexity index is 866. The molecule has 0 bridgehead atoms. The number of nitrogens with zero attached hydrogens (tertiary/aromatic N) is 4. The molecule has 2 aromatic rings. The number of aromatic nitrogens is 1. The maximum Gasteiger partial charge on any atom is 0.410 e. The van der Waals surface area contributed by atoms with E-state index < -0.39 is 5.60 Å². The lowest BCUT2D eigenvalue weighted by Gasteiger charge is -2.28. The van der Waals surface area contributed by atoms with Crippen LogP contribution in [0.4, 0.5) is 10.6 Å². The maximum absolute atomic E-state index is 12.3. The predicted octanol–water partition coefficient (Wildman–Crippen LogP) is 3.55. The number of hydrogen-bond donors (Lipinski definition) is 0. The summed E-state index contributed by atoms with van der Waals surface area (Å²) in [5.41, 5.74) is -0.104. The number of benzene rings is 1. The van der Waals surface area contributed by atoms with Crippen LogP contribution in [0.2, 0.25) is 0 Å². The predicted molar refractivity (Wildman–Crippen MR) is 101 cm³/mol. The number of nitriles is 1. The first-order chi connectivity index (χ1) is 12.3. The molecule has 0 N–H and O–H groups in total. The van der Waals surface area contributed by atoms with Gasteiger partial charge in [0.15, 0.2) is 0 Å². The van der Waals surface area contributed by atoms with E-state index in [1.165, 1.54) is 0 Å². The number of ether oxygens (including phenoxy) is 1. The summed E-state index contributed by atoms with van der Waals surface area (Å²) in [5.74, 6) is 0.774. The normalized spacial score (nSPS) is 17.2. The molecule has 1 aromatic heterocycles. The largest absolute Gasteiger partial charge is 0.444 e. The fourth-order valence-electron chi connectivity index (χ4n) is 3.23. The van der Waals surface area contributed by atoms with E-state index in [-0.39, 0.29) is 12.1 Å². The molecular formula is C20H24N4O2. The van der Waals surface area contributed by atoms with Crippen LogP contribution in [0.25, 0.3) is 10.8 Å². The summed E-state index contributed by atoms with van der Waals surface area (Å²) in [6.45, 7) is 6.84. The lowest BCUT2D eigenvalue weighted by molar-refractivity contribution is 0.0292. The molecule has 0 aliphatic carbocycles. The molecule has 26 heavy (non-hydrogen) atoms. The number of hydrogen-bond acceptors (Lipinski definition) is 5. The first-order valence-electron chi connectivity index (χ1n) is 8.79. The molecule has 1 saturated heterocycles. The Hall–Kier alpha value is -2.81. The van der Waals surface area contributed by atoms with Gasteiger partial charge in [0.25, 0.3) is 0 Å². The average molecular weight is 352 g/mol. The molecule has 6 heteroatoms. The molecule has 0 radical (unpaired) electrons. The number of rotatable bonds is 2. The van der Waals surface area contributed by atoms with Gasteiger partial charge in [-0.1, -0.05) is 24.3 Å². The van der Waals surface area contributed by atoms with Gasteiger partial charge in [-0.05, 0) is 38.6 Å². The van der Waals surface area contributed by atoms with Gasteiger partial charge in [-0.2, -0.15) is 5.26 Å². The molecule has 2 heterocycles. The van der Waals surface area contributed by atoms with Crippen molar-refractivity contribution in [3.05, 3.63) is 36.0 Å². The fourth-order valence-corrected chi connectivity index (χ4v) is 3.23. The summed E-state index contributed by atoms with van der Waals surface area (Å²) in [5, 5.41) is 11.3. The molecule has 3 rings (SSSR count). The van der Waals surface area contributed by atoms with E-state index in [0.29, 0.717) is 18.8 Å². The highest BCUT2D eigenvalue weighted by Gasteiger charge is 2.32. The van der Waals surface area contributed by atoms with Gasteiger partial charge in [-0.25, -0.2) is 9.78 Å². The number of fused-ring (bicyclic) bond motifs is 1. The third kappa shape index (κ3) is 3.72. The van der Waals surface area contributed by atoms with Crippen LogP contribution in [0.15, 0.2) is 30.3 Å². The van der Waals surface area contributed by atoms with Crippen LogP contribution in [0.1, 0.15) is 32.9 Å². The Morgan fingerprint density at radius 1 is 1.38 bits per heavy atom. The molecule has 1 fully saturated rings.